The van der Waals surface area contributed by atoms with Gasteiger partial charge < -0.3 is 10.0 Å². The Kier molecular flexibility index (Phi) is 3.67. The zero-order valence-electron chi connectivity index (χ0n) is 10.8. The Bertz CT molecular complexity index is 668. The van der Waals surface area contributed by atoms with Gasteiger partial charge in [-0.15, -0.1) is 0 Å². The highest BCUT2D eigenvalue weighted by Gasteiger charge is 2.23. The predicted molar refractivity (Wildman–Crippen MR) is 73.5 cm³/mol. The summed E-state index contributed by atoms with van der Waals surface area (Å²) >= 11 is 0. The lowest BCUT2D eigenvalue weighted by molar-refractivity contribution is -0.117. The summed E-state index contributed by atoms with van der Waals surface area (Å²) in [6.45, 7) is 0.500. The maximum Gasteiger partial charge on any atom is 0.335 e. The first-order chi connectivity index (χ1) is 9.26. The Hall–Kier alpha value is -2.09. The highest BCUT2D eigenvalue weighted by atomic mass is 32.2. The molecule has 1 fully saturated rings. The molecule has 2 rings (SSSR count). The van der Waals surface area contributed by atoms with E-state index in [1.54, 1.807) is 0 Å². The summed E-state index contributed by atoms with van der Waals surface area (Å²) in [5.74, 6) is -1.28. The van der Waals surface area contributed by atoms with Crippen LogP contribution in [0.25, 0.3) is 0 Å². The van der Waals surface area contributed by atoms with E-state index >= 15 is 0 Å². The number of benzene rings is 1. The molecule has 0 saturated carbocycles. The zero-order chi connectivity index (χ0) is 14.9. The van der Waals surface area contributed by atoms with Crippen molar-refractivity contribution in [3.05, 3.63) is 23.8 Å². The van der Waals surface area contributed by atoms with E-state index in [9.17, 15) is 18.0 Å². The van der Waals surface area contributed by atoms with Crippen LogP contribution in [0.15, 0.2) is 18.2 Å². The molecule has 0 aromatic heterocycles. The van der Waals surface area contributed by atoms with E-state index < -0.39 is 16.0 Å². The van der Waals surface area contributed by atoms with Crippen LogP contribution in [0.3, 0.4) is 0 Å². The molecule has 1 aliphatic heterocycles. The zero-order valence-corrected chi connectivity index (χ0v) is 11.6. The largest absolute Gasteiger partial charge is 0.478 e. The third-order valence-electron chi connectivity index (χ3n) is 2.85. The van der Waals surface area contributed by atoms with Crippen molar-refractivity contribution in [1.29, 1.82) is 0 Å². The van der Waals surface area contributed by atoms with E-state index in [4.69, 9.17) is 5.11 Å². The minimum absolute atomic E-state index is 0.0756. The third kappa shape index (κ3) is 3.27. The van der Waals surface area contributed by atoms with E-state index in [0.29, 0.717) is 25.1 Å². The molecular formula is C12H14N2O5S. The van der Waals surface area contributed by atoms with E-state index in [0.717, 1.165) is 6.26 Å². The Morgan fingerprint density at radius 2 is 2.05 bits per heavy atom. The van der Waals surface area contributed by atoms with Crippen LogP contribution in [0.2, 0.25) is 0 Å². The summed E-state index contributed by atoms with van der Waals surface area (Å²) in [6.07, 6.45) is 2.08. The van der Waals surface area contributed by atoms with Crippen molar-refractivity contribution < 1.29 is 23.1 Å². The van der Waals surface area contributed by atoms with Crippen LogP contribution in [0.5, 0.6) is 0 Å². The van der Waals surface area contributed by atoms with Crippen molar-refractivity contribution in [2.75, 3.05) is 22.4 Å². The number of nitrogens with zero attached hydrogens (tertiary/aromatic N) is 1. The van der Waals surface area contributed by atoms with Crippen LogP contribution in [0, 0.1) is 0 Å². The normalized spacial score (nSPS) is 15.4. The molecular weight excluding hydrogens is 284 g/mol. The molecule has 8 heteroatoms. The molecule has 1 aliphatic rings. The molecule has 1 amide bonds. The quantitative estimate of drug-likeness (QED) is 0.859. The Morgan fingerprint density at radius 1 is 1.35 bits per heavy atom. The van der Waals surface area contributed by atoms with Crippen LogP contribution >= 0.6 is 0 Å². The van der Waals surface area contributed by atoms with Gasteiger partial charge in [0.2, 0.25) is 15.9 Å². The second kappa shape index (κ2) is 5.12. The number of hydrogen-bond donors (Lipinski definition) is 2. The van der Waals surface area contributed by atoms with Crippen LogP contribution in [-0.2, 0) is 14.8 Å². The lowest BCUT2D eigenvalue weighted by atomic mass is 10.1. The second-order valence-corrected chi connectivity index (χ2v) is 6.35. The molecule has 1 heterocycles. The van der Waals surface area contributed by atoms with Gasteiger partial charge in [0.25, 0.3) is 0 Å². The molecule has 7 nitrogen and oxygen atoms in total. The van der Waals surface area contributed by atoms with Crippen molar-refractivity contribution in [2.24, 2.45) is 0 Å². The lowest BCUT2D eigenvalue weighted by Crippen LogP contribution is -2.24. The number of carbonyl (C=O) groups excluding carboxylic acids is 1. The van der Waals surface area contributed by atoms with Crippen molar-refractivity contribution in [3.8, 4) is 0 Å². The van der Waals surface area contributed by atoms with Gasteiger partial charge in [-0.2, -0.15) is 0 Å². The van der Waals surface area contributed by atoms with Crippen molar-refractivity contribution in [1.82, 2.24) is 0 Å². The van der Waals surface area contributed by atoms with E-state index in [-0.39, 0.29) is 17.2 Å². The number of carboxylic acids is 1. The number of sulfonamides is 1. The lowest BCUT2D eigenvalue weighted by Gasteiger charge is -2.17. The number of anilines is 2. The highest BCUT2D eigenvalue weighted by molar-refractivity contribution is 7.92. The third-order valence-corrected chi connectivity index (χ3v) is 3.46. The fourth-order valence-electron chi connectivity index (χ4n) is 2.08. The number of carboxylic acid groups (broad SMARTS) is 1. The monoisotopic (exact) mass is 298 g/mol. The molecule has 0 radical (unpaired) electrons. The minimum Gasteiger partial charge on any atom is -0.478 e. The first-order valence-electron chi connectivity index (χ1n) is 5.93. The number of hydrogen-bond acceptors (Lipinski definition) is 4. The van der Waals surface area contributed by atoms with Crippen LogP contribution in [-0.4, -0.2) is 38.2 Å². The van der Waals surface area contributed by atoms with Gasteiger partial charge in [0.1, 0.15) is 0 Å². The van der Waals surface area contributed by atoms with Crippen LogP contribution in [0.4, 0.5) is 11.4 Å². The fourth-order valence-corrected chi connectivity index (χ4v) is 2.63. The molecule has 0 atom stereocenters. The predicted octanol–water partition coefficient (Wildman–Crippen LogP) is 0.883. The molecule has 20 heavy (non-hydrogen) atoms. The number of aromatic carboxylic acids is 1. The molecule has 108 valence electrons. The number of nitrogens with one attached hydrogen (secondary N) is 1. The van der Waals surface area contributed by atoms with E-state index in [1.807, 2.05) is 0 Å². The number of amides is 1. The van der Waals surface area contributed by atoms with E-state index in [1.165, 1.54) is 23.1 Å². The summed E-state index contributed by atoms with van der Waals surface area (Å²) < 4.78 is 24.7. The minimum atomic E-state index is -3.52. The molecule has 1 saturated heterocycles. The topological polar surface area (TPSA) is 104 Å². The summed E-state index contributed by atoms with van der Waals surface area (Å²) in [5, 5.41) is 9.06. The first kappa shape index (κ1) is 14.3. The molecule has 0 spiro atoms. The summed E-state index contributed by atoms with van der Waals surface area (Å²) in [5.41, 5.74) is 0.439. The van der Waals surface area contributed by atoms with E-state index in [2.05, 4.69) is 4.72 Å². The van der Waals surface area contributed by atoms with Crippen LogP contribution in [0.1, 0.15) is 23.2 Å². The molecule has 1 aromatic carbocycles. The Morgan fingerprint density at radius 3 is 2.55 bits per heavy atom. The van der Waals surface area contributed by atoms with Gasteiger partial charge in [-0.3, -0.25) is 9.52 Å². The maximum absolute atomic E-state index is 11.7. The maximum atomic E-state index is 11.7. The van der Waals surface area contributed by atoms with Gasteiger partial charge in [0, 0.05) is 18.7 Å². The molecule has 0 unspecified atom stereocenters. The van der Waals surface area contributed by atoms with Gasteiger partial charge in [0.15, 0.2) is 0 Å². The summed E-state index contributed by atoms with van der Waals surface area (Å²) in [7, 11) is -3.52. The second-order valence-electron chi connectivity index (χ2n) is 4.60. The Labute approximate surface area is 116 Å². The molecule has 0 aliphatic carbocycles. The van der Waals surface area contributed by atoms with Gasteiger partial charge in [-0.05, 0) is 24.6 Å². The first-order valence-corrected chi connectivity index (χ1v) is 7.82. The molecule has 2 N–H and O–H groups in total. The number of rotatable bonds is 4. The highest BCUT2D eigenvalue weighted by Crippen LogP contribution is 2.27. The average molecular weight is 298 g/mol. The average Bonchev–Trinajstić information content (AvgIpc) is 2.72. The number of carbonyl (C=O) groups is 2. The Balaban J connectivity index is 2.46. The molecule has 0 bridgehead atoms. The van der Waals surface area contributed by atoms with Crippen LogP contribution < -0.4 is 9.62 Å². The van der Waals surface area contributed by atoms with Gasteiger partial charge in [-0.25, -0.2) is 13.2 Å². The summed E-state index contributed by atoms with van der Waals surface area (Å²) in [6, 6.07) is 4.03. The fraction of sp³-hybridized carbons (Fsp3) is 0.333. The van der Waals surface area contributed by atoms with Gasteiger partial charge >= 0.3 is 5.97 Å². The van der Waals surface area contributed by atoms with Gasteiger partial charge in [0.05, 0.1) is 17.5 Å². The standard InChI is InChI=1S/C12H14N2O5S/c1-20(18,19)13-9-5-8(12(16)17)6-10(7-9)14-4-2-3-11(14)15/h5-7,13H,2-4H2,1H3,(H,16,17). The van der Waals surface area contributed by atoms with Gasteiger partial charge in [-0.1, -0.05) is 0 Å². The molecule has 1 aromatic rings. The summed E-state index contributed by atoms with van der Waals surface area (Å²) in [4.78, 5) is 24.2. The SMILES string of the molecule is CS(=O)(=O)Nc1cc(C(=O)O)cc(N2CCCC2=O)c1. The van der Waals surface area contributed by atoms with Crippen molar-refractivity contribution in [3.63, 3.8) is 0 Å². The van der Waals surface area contributed by atoms with Crippen molar-refractivity contribution >= 4 is 33.3 Å². The smallest absolute Gasteiger partial charge is 0.335 e. The van der Waals surface area contributed by atoms with Crippen molar-refractivity contribution in [2.45, 2.75) is 12.8 Å².